The second-order valence-corrected chi connectivity index (χ2v) is 12.6. The van der Waals surface area contributed by atoms with Crippen LogP contribution in [0.4, 0.5) is 5.82 Å². The molecule has 2 saturated heterocycles. The maximum atomic E-state index is 12.4. The Hall–Kier alpha value is -2.41. The molecule has 2 aliphatic heterocycles. The third kappa shape index (κ3) is 7.60. The van der Waals surface area contributed by atoms with Crippen LogP contribution in [0.2, 0.25) is 0 Å². The monoisotopic (exact) mass is 669 g/mol. The van der Waals surface area contributed by atoms with Gasteiger partial charge in [0.25, 0.3) is 14.1 Å². The molecular weight excluding hydrogens is 643 g/mol. The second kappa shape index (κ2) is 13.7. The first-order valence-electron chi connectivity index (χ1n) is 12.5. The van der Waals surface area contributed by atoms with Crippen molar-refractivity contribution in [1.82, 2.24) is 19.5 Å². The Kier molecular flexibility index (Phi) is 10.8. The number of imidazole rings is 1. The Morgan fingerprint density at radius 1 is 1.07 bits per heavy atom. The number of nitrogens with two attached hydrogens (primary N) is 1. The Balaban J connectivity index is 0.00000461. The van der Waals surface area contributed by atoms with Crippen LogP contribution >= 0.6 is 15.6 Å². The van der Waals surface area contributed by atoms with E-state index >= 15 is 0 Å². The van der Waals surface area contributed by atoms with Gasteiger partial charge in [0.2, 0.25) is 0 Å². The van der Waals surface area contributed by atoms with Crippen molar-refractivity contribution in [3.63, 3.8) is 0 Å². The van der Waals surface area contributed by atoms with Crippen molar-refractivity contribution in [2.45, 2.75) is 49.1 Å². The molecule has 3 aromatic heterocycles. The molecule has 2 fully saturated rings. The van der Waals surface area contributed by atoms with Gasteiger partial charge in [-0.1, -0.05) is 0 Å². The molecule has 10 atom stereocenters. The summed E-state index contributed by atoms with van der Waals surface area (Å²) in [5.41, 5.74) is 6.02. The van der Waals surface area contributed by atoms with Gasteiger partial charge < -0.3 is 60.5 Å². The molecular formula is C21H26LiN7O14P2. The smallest absolute Gasteiger partial charge is 0.859 e. The van der Waals surface area contributed by atoms with E-state index < -0.39 is 83.8 Å². The Labute approximate surface area is 264 Å². The van der Waals surface area contributed by atoms with Crippen LogP contribution in [0.15, 0.2) is 37.2 Å². The molecule has 0 amide bonds. The van der Waals surface area contributed by atoms with Gasteiger partial charge in [-0.2, -0.15) is 4.57 Å². The molecule has 8 N–H and O–H groups in total. The summed E-state index contributed by atoms with van der Waals surface area (Å²) in [4.78, 5) is 34.1. The number of anilines is 1. The number of phosphoric acid groups is 2. The zero-order valence-electron chi connectivity index (χ0n) is 23.1. The number of pyridine rings is 1. The molecule has 24 heteroatoms. The summed E-state index contributed by atoms with van der Waals surface area (Å²) in [6.07, 6.45) is -7.24. The minimum absolute atomic E-state index is 0. The Bertz CT molecular complexity index is 1640. The topological polar surface area (TPSA) is 325 Å². The van der Waals surface area contributed by atoms with E-state index in [9.17, 15) is 44.4 Å². The van der Waals surface area contributed by atoms with Crippen molar-refractivity contribution >= 4 is 38.5 Å². The number of rotatable bonds is 11. The predicted molar refractivity (Wildman–Crippen MR) is 135 cm³/mol. The van der Waals surface area contributed by atoms with E-state index in [1.807, 2.05) is 0 Å². The van der Waals surface area contributed by atoms with E-state index in [-0.39, 0.29) is 41.4 Å². The van der Waals surface area contributed by atoms with Crippen molar-refractivity contribution in [3.8, 4) is 0 Å². The number of fused-ring (bicyclic) bond motifs is 1. The molecule has 45 heavy (non-hydrogen) atoms. The molecule has 5 heterocycles. The predicted octanol–water partition coefficient (Wildman–Crippen LogP) is -7.06. The Morgan fingerprint density at radius 3 is 2.44 bits per heavy atom. The molecule has 0 aromatic carbocycles. The van der Waals surface area contributed by atoms with Crippen LogP contribution in [-0.2, 0) is 32.0 Å². The molecule has 2 unspecified atom stereocenters. The zero-order chi connectivity index (χ0) is 32.0. The van der Waals surface area contributed by atoms with Gasteiger partial charge in [-0.05, 0) is 12.0 Å². The number of nitrogens with one attached hydrogen (secondary N) is 1. The number of aliphatic hydroxyl groups excluding tert-OH is 4. The van der Waals surface area contributed by atoms with Crippen molar-refractivity contribution in [2.75, 3.05) is 18.9 Å². The van der Waals surface area contributed by atoms with E-state index in [1.54, 1.807) is 0 Å². The van der Waals surface area contributed by atoms with Gasteiger partial charge in [-0.3, -0.25) is 13.7 Å². The van der Waals surface area contributed by atoms with Gasteiger partial charge in [-0.25, -0.2) is 23.8 Å². The van der Waals surface area contributed by atoms with E-state index in [2.05, 4.69) is 28.3 Å². The van der Waals surface area contributed by atoms with Crippen molar-refractivity contribution in [3.05, 3.63) is 42.7 Å². The SMILES string of the molecule is N=C([O-])c1ccc[n+]([C@@H]2O[C@H](COP(=O)(O)OP(=O)([O-])OC[C@H]3O[C@@H](n4cnc5c(N)ncnc54)[C@H](O)[C@@H]3O)[C@@H](O)[C@H]2O)c1.[Li+]. The first-order chi connectivity index (χ1) is 20.7. The van der Waals surface area contributed by atoms with Crippen LogP contribution in [-0.4, -0.2) is 101 Å². The molecule has 0 radical (unpaired) electrons. The molecule has 0 bridgehead atoms. The van der Waals surface area contributed by atoms with Gasteiger partial charge in [-0.15, -0.1) is 0 Å². The van der Waals surface area contributed by atoms with Crippen LogP contribution in [0.1, 0.15) is 18.0 Å². The van der Waals surface area contributed by atoms with Crippen molar-refractivity contribution in [1.29, 1.82) is 5.41 Å². The van der Waals surface area contributed by atoms with E-state index in [4.69, 9.17) is 20.6 Å². The molecule has 5 rings (SSSR count). The van der Waals surface area contributed by atoms with E-state index in [0.29, 0.717) is 0 Å². The van der Waals surface area contributed by atoms with Gasteiger partial charge in [0.15, 0.2) is 36.2 Å². The molecule has 2 aliphatic rings. The molecule has 0 spiro atoms. The van der Waals surface area contributed by atoms with Crippen LogP contribution in [0, 0.1) is 5.41 Å². The maximum absolute atomic E-state index is 12.4. The summed E-state index contributed by atoms with van der Waals surface area (Å²) in [5, 5.41) is 60.0. The normalized spacial score (nSPS) is 30.9. The third-order valence-corrected chi connectivity index (χ3v) is 9.28. The van der Waals surface area contributed by atoms with E-state index in [1.165, 1.54) is 40.0 Å². The minimum Gasteiger partial charge on any atom is -0.859 e. The maximum Gasteiger partial charge on any atom is 1.00 e. The number of nitrogens with zero attached hydrogens (tertiary/aromatic N) is 5. The number of phosphoric ester groups is 2. The minimum atomic E-state index is -5.63. The van der Waals surface area contributed by atoms with Crippen molar-refractivity contribution < 1.29 is 90.7 Å². The quantitative estimate of drug-likeness (QED) is 0.0328. The summed E-state index contributed by atoms with van der Waals surface area (Å²) < 4.78 is 51.4. The average molecular weight is 669 g/mol. The first-order valence-corrected chi connectivity index (χ1v) is 15.5. The fourth-order valence-corrected chi connectivity index (χ4v) is 6.61. The number of hydrogen-bond donors (Lipinski definition) is 7. The summed E-state index contributed by atoms with van der Waals surface area (Å²) in [7, 11) is -11.1. The third-order valence-electron chi connectivity index (χ3n) is 6.72. The van der Waals surface area contributed by atoms with Crippen LogP contribution in [0.25, 0.3) is 11.2 Å². The number of aromatic nitrogens is 5. The summed E-state index contributed by atoms with van der Waals surface area (Å²) in [6, 6.07) is 2.72. The molecule has 3 aromatic rings. The number of hydrogen-bond acceptors (Lipinski definition) is 18. The standard InChI is InChI=1S/C21H27N7O14P2.Li/c22-17-12-19(25-7-24-17)28(8-26-12)21-16(32)14(30)11(41-21)6-39-44(36,37)42-43(34,35)38-5-10-13(29)15(31)20(40-10)27-3-1-2-9(4-27)18(23)33;/h1-4,7-8,10-11,13-16,20-21,29-32H,5-6H2,(H5-,22,23,24,25,33,34,35,36,37);/q;+1/p-1/t10-,11-,13-,14-,15-,16-,20-,21-;/m1./s1. The molecule has 0 aliphatic carbocycles. The largest absolute Gasteiger partial charge is 1.00 e. The van der Waals surface area contributed by atoms with E-state index in [0.717, 1.165) is 6.33 Å². The second-order valence-electron chi connectivity index (χ2n) is 9.63. The van der Waals surface area contributed by atoms with Crippen LogP contribution < -0.4 is 39.2 Å². The summed E-state index contributed by atoms with van der Waals surface area (Å²) in [6.45, 7) is -1.90. The van der Waals surface area contributed by atoms with Gasteiger partial charge in [0.05, 0.1) is 19.5 Å². The van der Waals surface area contributed by atoms with Gasteiger partial charge >= 0.3 is 26.7 Å². The average Bonchev–Trinajstić information content (AvgIpc) is 3.61. The van der Waals surface area contributed by atoms with Crippen LogP contribution in [0.3, 0.4) is 0 Å². The van der Waals surface area contributed by atoms with Crippen molar-refractivity contribution in [2.24, 2.45) is 0 Å². The molecule has 21 nitrogen and oxygen atoms in total. The molecule has 240 valence electrons. The van der Waals surface area contributed by atoms with Crippen LogP contribution in [0.5, 0.6) is 0 Å². The summed E-state index contributed by atoms with van der Waals surface area (Å²) >= 11 is 0. The fraction of sp³-hybridized carbons (Fsp3) is 0.476. The summed E-state index contributed by atoms with van der Waals surface area (Å²) in [5.74, 6) is -0.981. The number of aliphatic hydroxyl groups is 4. The Morgan fingerprint density at radius 2 is 1.73 bits per heavy atom. The molecule has 0 saturated carbocycles. The fourth-order valence-electron chi connectivity index (χ4n) is 4.56. The number of nitrogen functional groups attached to an aromatic ring is 1. The van der Waals surface area contributed by atoms with Gasteiger partial charge in [0.1, 0.15) is 42.4 Å². The first kappa shape index (κ1) is 35.4. The van der Waals surface area contributed by atoms with Gasteiger partial charge in [0, 0.05) is 11.6 Å². The number of ether oxygens (including phenoxy) is 2. The zero-order valence-corrected chi connectivity index (χ0v) is 24.9.